The van der Waals surface area contributed by atoms with E-state index in [2.05, 4.69) is 36.0 Å². The number of hydrogen-bond acceptors (Lipinski definition) is 4. The summed E-state index contributed by atoms with van der Waals surface area (Å²) in [6.07, 6.45) is 3.42. The van der Waals surface area contributed by atoms with Crippen LogP contribution in [0.5, 0.6) is 0 Å². The molecule has 1 N–H and O–H groups in total. The second-order valence-corrected chi connectivity index (χ2v) is 6.60. The Kier molecular flexibility index (Phi) is 4.91. The van der Waals surface area contributed by atoms with Crippen molar-refractivity contribution in [1.82, 2.24) is 10.3 Å². The minimum absolute atomic E-state index is 0.0315. The molecule has 4 nitrogen and oxygen atoms in total. The Morgan fingerprint density at radius 1 is 1.29 bits per heavy atom. The fourth-order valence-electron chi connectivity index (χ4n) is 1.90. The van der Waals surface area contributed by atoms with Crippen LogP contribution in [0.1, 0.15) is 32.0 Å². The van der Waals surface area contributed by atoms with E-state index in [9.17, 15) is 0 Å². The Morgan fingerprint density at radius 2 is 2.05 bits per heavy atom. The normalized spacial score (nSPS) is 11.7. The molecule has 0 unspecified atom stereocenters. The number of nitrogens with zero attached hydrogens (tertiary/aromatic N) is 2. The molecule has 114 valence electrons. The molecule has 0 aliphatic carbocycles. The minimum atomic E-state index is 0.0315. The summed E-state index contributed by atoms with van der Waals surface area (Å²) in [6.45, 7) is 7.76. The van der Waals surface area contributed by atoms with Gasteiger partial charge in [0.25, 0.3) is 0 Å². The number of aromatic nitrogens is 1. The van der Waals surface area contributed by atoms with Crippen LogP contribution in [0.3, 0.4) is 0 Å². The van der Waals surface area contributed by atoms with Gasteiger partial charge in [-0.2, -0.15) is 0 Å². The topological polar surface area (TPSA) is 41.3 Å². The van der Waals surface area contributed by atoms with E-state index in [1.165, 1.54) is 0 Å². The molecule has 0 saturated heterocycles. The molecule has 0 bridgehead atoms. The van der Waals surface area contributed by atoms with Crippen molar-refractivity contribution in [3.05, 3.63) is 47.0 Å². The maximum atomic E-state index is 6.24. The van der Waals surface area contributed by atoms with E-state index in [0.29, 0.717) is 11.6 Å². The lowest BCUT2D eigenvalue weighted by atomic mass is 10.1. The Bertz CT molecular complexity index is 576. The molecule has 2 aromatic heterocycles. The molecule has 0 aliphatic rings. The lowest BCUT2D eigenvalue weighted by Gasteiger charge is -2.22. The highest BCUT2D eigenvalue weighted by atomic mass is 35.5. The molecule has 0 saturated carbocycles. The van der Waals surface area contributed by atoms with Crippen molar-refractivity contribution in [2.24, 2.45) is 0 Å². The summed E-state index contributed by atoms with van der Waals surface area (Å²) >= 11 is 6.24. The Labute approximate surface area is 131 Å². The monoisotopic (exact) mass is 307 g/mol. The van der Waals surface area contributed by atoms with E-state index in [4.69, 9.17) is 16.0 Å². The van der Waals surface area contributed by atoms with E-state index in [0.717, 1.165) is 23.6 Å². The quantitative estimate of drug-likeness (QED) is 0.911. The lowest BCUT2D eigenvalue weighted by molar-refractivity contribution is 0.421. The molecule has 0 aromatic carbocycles. The van der Waals surface area contributed by atoms with E-state index in [1.54, 1.807) is 12.5 Å². The third kappa shape index (κ3) is 4.76. The molecule has 0 spiro atoms. The van der Waals surface area contributed by atoms with Crippen LogP contribution >= 0.6 is 11.6 Å². The zero-order chi connectivity index (χ0) is 15.5. The summed E-state index contributed by atoms with van der Waals surface area (Å²) in [5.41, 5.74) is 2.01. The van der Waals surface area contributed by atoms with Gasteiger partial charge in [0.2, 0.25) is 0 Å². The van der Waals surface area contributed by atoms with Crippen LogP contribution in [-0.4, -0.2) is 17.6 Å². The fraction of sp³-hybridized carbons (Fsp3) is 0.438. The van der Waals surface area contributed by atoms with Crippen LogP contribution in [0.25, 0.3) is 0 Å². The standard InChI is InChI=1S/C16H22ClN3O/c1-16(2,3)18-9-14-13(17)5-6-15(19-14)20(4)10-12-7-8-21-11-12/h5-8,11,18H,9-10H2,1-4H3. The third-order valence-corrected chi connectivity index (χ3v) is 3.43. The smallest absolute Gasteiger partial charge is 0.129 e. The highest BCUT2D eigenvalue weighted by Gasteiger charge is 2.13. The van der Waals surface area contributed by atoms with E-state index in [-0.39, 0.29) is 5.54 Å². The van der Waals surface area contributed by atoms with Gasteiger partial charge in [0.1, 0.15) is 5.82 Å². The molecule has 0 amide bonds. The highest BCUT2D eigenvalue weighted by Crippen LogP contribution is 2.20. The Balaban J connectivity index is 2.10. The van der Waals surface area contributed by atoms with Gasteiger partial charge in [-0.05, 0) is 39.0 Å². The largest absolute Gasteiger partial charge is 0.472 e. The summed E-state index contributed by atoms with van der Waals surface area (Å²) in [4.78, 5) is 6.73. The highest BCUT2D eigenvalue weighted by molar-refractivity contribution is 6.31. The van der Waals surface area contributed by atoms with Gasteiger partial charge >= 0.3 is 0 Å². The zero-order valence-corrected chi connectivity index (χ0v) is 13.7. The zero-order valence-electron chi connectivity index (χ0n) is 13.0. The molecule has 0 atom stereocenters. The van der Waals surface area contributed by atoms with Crippen LogP contribution in [0.15, 0.2) is 35.1 Å². The van der Waals surface area contributed by atoms with Crippen molar-refractivity contribution in [3.8, 4) is 0 Å². The first-order valence-corrected chi connectivity index (χ1v) is 7.35. The Morgan fingerprint density at radius 3 is 2.67 bits per heavy atom. The molecule has 2 rings (SSSR count). The molecular formula is C16H22ClN3O. The molecule has 2 heterocycles. The number of pyridine rings is 1. The molecule has 0 radical (unpaired) electrons. The van der Waals surface area contributed by atoms with Gasteiger partial charge in [-0.25, -0.2) is 4.98 Å². The first kappa shape index (κ1) is 15.9. The molecule has 0 fully saturated rings. The van der Waals surface area contributed by atoms with Crippen molar-refractivity contribution < 1.29 is 4.42 Å². The molecule has 21 heavy (non-hydrogen) atoms. The summed E-state index contributed by atoms with van der Waals surface area (Å²) in [5, 5.41) is 4.10. The van der Waals surface area contributed by atoms with E-state index >= 15 is 0 Å². The second-order valence-electron chi connectivity index (χ2n) is 6.19. The first-order valence-electron chi connectivity index (χ1n) is 6.98. The summed E-state index contributed by atoms with van der Waals surface area (Å²) in [5.74, 6) is 0.895. The Hall–Kier alpha value is -1.52. The average molecular weight is 308 g/mol. The second kappa shape index (κ2) is 6.50. The van der Waals surface area contributed by atoms with Crippen LogP contribution in [0.2, 0.25) is 5.02 Å². The number of hydrogen-bond donors (Lipinski definition) is 1. The predicted octanol–water partition coefficient (Wildman–Crippen LogP) is 3.85. The van der Waals surface area contributed by atoms with Crippen LogP contribution in [0.4, 0.5) is 5.82 Å². The average Bonchev–Trinajstić information content (AvgIpc) is 2.89. The number of furan rings is 1. The molecular weight excluding hydrogens is 286 g/mol. The fourth-order valence-corrected chi connectivity index (χ4v) is 2.07. The molecule has 0 aliphatic heterocycles. The van der Waals surface area contributed by atoms with Crippen LogP contribution in [0, 0.1) is 0 Å². The van der Waals surface area contributed by atoms with Gasteiger partial charge in [-0.3, -0.25) is 0 Å². The van der Waals surface area contributed by atoms with Crippen molar-refractivity contribution in [1.29, 1.82) is 0 Å². The van der Waals surface area contributed by atoms with Crippen LogP contribution < -0.4 is 10.2 Å². The number of rotatable bonds is 5. The van der Waals surface area contributed by atoms with E-state index < -0.39 is 0 Å². The minimum Gasteiger partial charge on any atom is -0.472 e. The lowest BCUT2D eigenvalue weighted by Crippen LogP contribution is -2.35. The van der Waals surface area contributed by atoms with Gasteiger partial charge in [0, 0.05) is 31.2 Å². The number of nitrogens with one attached hydrogen (secondary N) is 1. The van der Waals surface area contributed by atoms with Crippen molar-refractivity contribution in [2.45, 2.75) is 39.4 Å². The van der Waals surface area contributed by atoms with Gasteiger partial charge in [0.05, 0.1) is 23.2 Å². The predicted molar refractivity (Wildman–Crippen MR) is 86.7 cm³/mol. The van der Waals surface area contributed by atoms with Gasteiger partial charge in [0.15, 0.2) is 0 Å². The molecule has 2 aromatic rings. The summed E-state index contributed by atoms with van der Waals surface area (Å²) in [6, 6.07) is 5.78. The third-order valence-electron chi connectivity index (χ3n) is 3.08. The van der Waals surface area contributed by atoms with Gasteiger partial charge in [-0.15, -0.1) is 0 Å². The summed E-state index contributed by atoms with van der Waals surface area (Å²) in [7, 11) is 2.00. The number of anilines is 1. The SMILES string of the molecule is CN(Cc1ccoc1)c1ccc(Cl)c(CNC(C)(C)C)n1. The van der Waals surface area contributed by atoms with Crippen molar-refractivity contribution in [3.63, 3.8) is 0 Å². The van der Waals surface area contributed by atoms with Gasteiger partial charge in [-0.1, -0.05) is 11.6 Å². The summed E-state index contributed by atoms with van der Waals surface area (Å²) < 4.78 is 5.09. The first-order chi connectivity index (χ1) is 9.85. The van der Waals surface area contributed by atoms with Crippen molar-refractivity contribution >= 4 is 17.4 Å². The molecule has 5 heteroatoms. The van der Waals surface area contributed by atoms with Crippen molar-refractivity contribution in [2.75, 3.05) is 11.9 Å². The number of halogens is 1. The maximum absolute atomic E-state index is 6.24. The maximum Gasteiger partial charge on any atom is 0.129 e. The van der Waals surface area contributed by atoms with Gasteiger partial charge < -0.3 is 14.6 Å². The van der Waals surface area contributed by atoms with Crippen LogP contribution in [-0.2, 0) is 13.1 Å². The van der Waals surface area contributed by atoms with E-state index in [1.807, 2.05) is 25.2 Å².